The summed E-state index contributed by atoms with van der Waals surface area (Å²) in [4.78, 5) is 22.6. The number of hydrogen-bond acceptors (Lipinski definition) is 8. The molecule has 0 heterocycles. The molecule has 0 aliphatic heterocycles. The molecule has 0 radical (unpaired) electrons. The predicted molar refractivity (Wildman–Crippen MR) is 100 cm³/mol. The van der Waals surface area contributed by atoms with Crippen molar-refractivity contribution in [2.75, 3.05) is 59.4 Å². The van der Waals surface area contributed by atoms with Gasteiger partial charge in [-0.3, -0.25) is 9.59 Å². The number of carbonyl (C=O) groups excluding carboxylic acids is 2. The molecule has 9 nitrogen and oxygen atoms in total. The smallest absolute Gasteiger partial charge is 0.308 e. The van der Waals surface area contributed by atoms with Crippen molar-refractivity contribution < 1.29 is 33.3 Å². The van der Waals surface area contributed by atoms with Crippen molar-refractivity contribution in [2.45, 2.75) is 45.8 Å². The Hall–Kier alpha value is -1.26. The predicted octanol–water partition coefficient (Wildman–Crippen LogP) is 0.248. The Balaban J connectivity index is 3.21. The van der Waals surface area contributed by atoms with Crippen LogP contribution in [0.25, 0.3) is 0 Å². The highest BCUT2D eigenvalue weighted by Crippen LogP contribution is 2.07. The van der Waals surface area contributed by atoms with Gasteiger partial charge in [-0.1, -0.05) is 0 Å². The molecule has 0 rings (SSSR count). The molecule has 0 aromatic carbocycles. The highest BCUT2D eigenvalue weighted by molar-refractivity contribution is 5.80. The molecule has 0 saturated heterocycles. The lowest BCUT2D eigenvalue weighted by Gasteiger charge is -2.19. The Kier molecular flexibility index (Phi) is 15.0. The number of rotatable bonds is 16. The normalized spacial score (nSPS) is 12.6. The lowest BCUT2D eigenvalue weighted by molar-refractivity contribution is -0.156. The maximum atomic E-state index is 11.5. The molecule has 27 heavy (non-hydrogen) atoms. The first-order valence-electron chi connectivity index (χ1n) is 9.28. The zero-order valence-corrected chi connectivity index (χ0v) is 17.1. The highest BCUT2D eigenvalue weighted by Gasteiger charge is 2.15. The van der Waals surface area contributed by atoms with Crippen LogP contribution in [0.2, 0.25) is 0 Å². The van der Waals surface area contributed by atoms with Gasteiger partial charge in [0.2, 0.25) is 5.91 Å². The van der Waals surface area contributed by atoms with Gasteiger partial charge < -0.3 is 34.7 Å². The Morgan fingerprint density at radius 2 is 1.30 bits per heavy atom. The van der Waals surface area contributed by atoms with Crippen LogP contribution in [0.5, 0.6) is 0 Å². The van der Waals surface area contributed by atoms with Gasteiger partial charge in [-0.15, -0.1) is 0 Å². The summed E-state index contributed by atoms with van der Waals surface area (Å²) < 4.78 is 26.5. The number of hydrogen-bond donors (Lipinski definition) is 2. The van der Waals surface area contributed by atoms with Gasteiger partial charge in [-0.25, -0.2) is 0 Å². The summed E-state index contributed by atoms with van der Waals surface area (Å²) in [5, 5.41) is 2.65. The summed E-state index contributed by atoms with van der Waals surface area (Å²) in [6.07, 6.45) is 0.231. The van der Waals surface area contributed by atoms with E-state index in [1.165, 1.54) is 0 Å². The summed E-state index contributed by atoms with van der Waals surface area (Å²) in [6, 6.07) is -0.510. The number of carbonyl (C=O) groups is 2. The maximum absolute atomic E-state index is 11.5. The standard InChI is InChI=1S/C18H36N2O7/c1-15(19)17(22)20-6-8-24-10-12-26-14-13-25-11-9-23-7-5-16(21)27-18(2,3)4/h15H,5-14,19H2,1-4H3,(H,20,22)/t15-/m1/s1. The van der Waals surface area contributed by atoms with E-state index in [9.17, 15) is 9.59 Å². The molecule has 1 atom stereocenters. The largest absolute Gasteiger partial charge is 0.460 e. The van der Waals surface area contributed by atoms with Crippen LogP contribution in [0.15, 0.2) is 0 Å². The van der Waals surface area contributed by atoms with Gasteiger partial charge in [0.1, 0.15) is 5.60 Å². The summed E-state index contributed by atoms with van der Waals surface area (Å²) in [7, 11) is 0. The van der Waals surface area contributed by atoms with Crippen LogP contribution in [0.1, 0.15) is 34.1 Å². The molecule has 160 valence electrons. The Bertz CT molecular complexity index is 398. The van der Waals surface area contributed by atoms with Crippen LogP contribution in [0, 0.1) is 0 Å². The lowest BCUT2D eigenvalue weighted by atomic mass is 10.2. The second-order valence-corrected chi connectivity index (χ2v) is 6.87. The monoisotopic (exact) mass is 392 g/mol. The first-order valence-corrected chi connectivity index (χ1v) is 9.28. The number of ether oxygens (including phenoxy) is 5. The molecule has 9 heteroatoms. The van der Waals surface area contributed by atoms with Gasteiger partial charge in [0.05, 0.1) is 65.3 Å². The van der Waals surface area contributed by atoms with Crippen molar-refractivity contribution in [3.05, 3.63) is 0 Å². The van der Waals surface area contributed by atoms with E-state index in [1.807, 2.05) is 20.8 Å². The van der Waals surface area contributed by atoms with Crippen molar-refractivity contribution >= 4 is 11.9 Å². The van der Waals surface area contributed by atoms with E-state index < -0.39 is 11.6 Å². The van der Waals surface area contributed by atoms with Crippen molar-refractivity contribution in [3.63, 3.8) is 0 Å². The molecule has 0 bridgehead atoms. The minimum atomic E-state index is -0.510. The average molecular weight is 392 g/mol. The first kappa shape index (κ1) is 25.7. The maximum Gasteiger partial charge on any atom is 0.308 e. The van der Waals surface area contributed by atoms with E-state index in [0.717, 1.165) is 0 Å². The van der Waals surface area contributed by atoms with Crippen LogP contribution in [0.4, 0.5) is 0 Å². The quantitative estimate of drug-likeness (QED) is 0.283. The molecule has 0 aliphatic carbocycles. The molecule has 0 unspecified atom stereocenters. The molecule has 0 aromatic rings. The molecule has 0 aromatic heterocycles. The summed E-state index contributed by atoms with van der Waals surface area (Å²) in [5.74, 6) is -0.462. The molecule has 1 amide bonds. The number of amides is 1. The topological polar surface area (TPSA) is 118 Å². The Morgan fingerprint density at radius 1 is 0.852 bits per heavy atom. The van der Waals surface area contributed by atoms with E-state index in [2.05, 4.69) is 5.32 Å². The van der Waals surface area contributed by atoms with E-state index in [0.29, 0.717) is 59.4 Å². The molecule has 0 spiro atoms. The number of nitrogens with two attached hydrogens (primary N) is 1. The summed E-state index contributed by atoms with van der Waals surface area (Å²) >= 11 is 0. The number of nitrogens with one attached hydrogen (secondary N) is 1. The third-order valence-electron chi connectivity index (χ3n) is 2.95. The first-order chi connectivity index (χ1) is 12.7. The van der Waals surface area contributed by atoms with Gasteiger partial charge in [-0.05, 0) is 27.7 Å². The highest BCUT2D eigenvalue weighted by atomic mass is 16.6. The van der Waals surface area contributed by atoms with Gasteiger partial charge >= 0.3 is 5.97 Å². The van der Waals surface area contributed by atoms with Gasteiger partial charge in [0.15, 0.2) is 0 Å². The zero-order valence-electron chi connectivity index (χ0n) is 17.1. The minimum absolute atomic E-state index is 0.194. The van der Waals surface area contributed by atoms with Crippen LogP contribution in [-0.2, 0) is 33.3 Å². The van der Waals surface area contributed by atoms with Crippen molar-refractivity contribution in [3.8, 4) is 0 Å². The Morgan fingerprint density at radius 3 is 1.74 bits per heavy atom. The van der Waals surface area contributed by atoms with E-state index in [4.69, 9.17) is 29.4 Å². The fourth-order valence-electron chi connectivity index (χ4n) is 1.72. The summed E-state index contributed by atoms with van der Waals surface area (Å²) in [5.41, 5.74) is 4.94. The third kappa shape index (κ3) is 19.3. The molecule has 0 aliphatic rings. The van der Waals surface area contributed by atoms with E-state index in [-0.39, 0.29) is 18.3 Å². The Labute approximate surface area is 162 Å². The van der Waals surface area contributed by atoms with Gasteiger partial charge in [-0.2, -0.15) is 0 Å². The molecule has 3 N–H and O–H groups in total. The SMILES string of the molecule is C[C@@H](N)C(=O)NCCOCCOCCOCCOCCC(=O)OC(C)(C)C. The molecule has 0 fully saturated rings. The van der Waals surface area contributed by atoms with E-state index in [1.54, 1.807) is 6.92 Å². The fraction of sp³-hybridized carbons (Fsp3) is 0.889. The zero-order chi connectivity index (χ0) is 20.5. The van der Waals surface area contributed by atoms with Gasteiger partial charge in [0, 0.05) is 6.54 Å². The molecular formula is C18H36N2O7. The van der Waals surface area contributed by atoms with Gasteiger partial charge in [0.25, 0.3) is 0 Å². The van der Waals surface area contributed by atoms with Crippen LogP contribution in [-0.4, -0.2) is 82.9 Å². The fourth-order valence-corrected chi connectivity index (χ4v) is 1.72. The summed E-state index contributed by atoms with van der Waals surface area (Å²) in [6.45, 7) is 11.0. The van der Waals surface area contributed by atoms with Crippen molar-refractivity contribution in [1.82, 2.24) is 5.32 Å². The third-order valence-corrected chi connectivity index (χ3v) is 2.95. The number of esters is 1. The van der Waals surface area contributed by atoms with Crippen molar-refractivity contribution in [1.29, 1.82) is 0 Å². The van der Waals surface area contributed by atoms with Crippen LogP contribution >= 0.6 is 0 Å². The minimum Gasteiger partial charge on any atom is -0.460 e. The van der Waals surface area contributed by atoms with Crippen LogP contribution in [0.3, 0.4) is 0 Å². The molecular weight excluding hydrogens is 356 g/mol. The second-order valence-electron chi connectivity index (χ2n) is 6.87. The molecule has 0 saturated carbocycles. The second kappa shape index (κ2) is 15.8. The average Bonchev–Trinajstić information content (AvgIpc) is 2.56. The van der Waals surface area contributed by atoms with E-state index >= 15 is 0 Å². The van der Waals surface area contributed by atoms with Crippen LogP contribution < -0.4 is 11.1 Å². The lowest BCUT2D eigenvalue weighted by Crippen LogP contribution is -2.39. The van der Waals surface area contributed by atoms with Crippen molar-refractivity contribution in [2.24, 2.45) is 5.73 Å².